The van der Waals surface area contributed by atoms with Gasteiger partial charge in [0.1, 0.15) is 0 Å². The van der Waals surface area contributed by atoms with Crippen LogP contribution in [0.5, 0.6) is 0 Å². The summed E-state index contributed by atoms with van der Waals surface area (Å²) in [6.07, 6.45) is -2.44. The molecule has 1 aliphatic heterocycles. The van der Waals surface area contributed by atoms with Gasteiger partial charge in [-0.15, -0.1) is 0 Å². The van der Waals surface area contributed by atoms with Crippen LogP contribution in [0.3, 0.4) is 0 Å². The van der Waals surface area contributed by atoms with Crippen molar-refractivity contribution in [3.05, 3.63) is 0 Å². The van der Waals surface area contributed by atoms with Gasteiger partial charge in [0.25, 0.3) is 0 Å². The molecule has 0 spiro atoms. The van der Waals surface area contributed by atoms with Crippen molar-refractivity contribution in [3.8, 4) is 0 Å². The second-order valence-corrected chi connectivity index (χ2v) is 5.93. The van der Waals surface area contributed by atoms with Crippen LogP contribution in [-0.2, 0) is 4.79 Å². The van der Waals surface area contributed by atoms with Crippen LogP contribution in [0, 0.1) is 17.8 Å². The van der Waals surface area contributed by atoms with Crippen LogP contribution in [0.15, 0.2) is 0 Å². The average molecular weight is 279 g/mol. The number of nitrogens with zero attached hydrogens (tertiary/aromatic N) is 1. The predicted octanol–water partition coefficient (Wildman–Crippen LogP) is 2.76. The number of aliphatic carboxylic acids is 1. The van der Waals surface area contributed by atoms with Gasteiger partial charge in [-0.2, -0.15) is 13.2 Å². The van der Waals surface area contributed by atoms with Crippen molar-refractivity contribution in [1.82, 2.24) is 4.90 Å². The lowest BCUT2D eigenvalue weighted by atomic mass is 9.84. The first-order valence-corrected chi connectivity index (χ1v) is 6.82. The molecule has 0 bridgehead atoms. The highest BCUT2D eigenvalue weighted by molar-refractivity contribution is 5.71. The minimum absolute atomic E-state index is 0.0174. The van der Waals surface area contributed by atoms with Crippen LogP contribution < -0.4 is 0 Å². The molecule has 1 saturated carbocycles. The summed E-state index contributed by atoms with van der Waals surface area (Å²) in [6, 6.07) is -0.104. The maximum Gasteiger partial charge on any atom is 0.391 e. The Kier molecular flexibility index (Phi) is 4.08. The van der Waals surface area contributed by atoms with E-state index in [1.165, 1.54) is 0 Å². The maximum atomic E-state index is 12.8. The Bertz CT molecular complexity index is 345. The largest absolute Gasteiger partial charge is 0.481 e. The van der Waals surface area contributed by atoms with Crippen LogP contribution in [0.1, 0.15) is 32.6 Å². The van der Waals surface area contributed by atoms with Gasteiger partial charge < -0.3 is 5.11 Å². The zero-order chi connectivity index (χ0) is 14.2. The highest BCUT2D eigenvalue weighted by Crippen LogP contribution is 2.40. The Morgan fingerprint density at radius 3 is 2.47 bits per heavy atom. The van der Waals surface area contributed by atoms with Crippen molar-refractivity contribution >= 4 is 5.97 Å². The van der Waals surface area contributed by atoms with Gasteiger partial charge >= 0.3 is 12.1 Å². The standard InChI is InChI=1S/C13H20F3NO2/c1-8-6-17(7-11(8)12(18)19)10-4-2-3-9(5-10)13(14,15)16/h8-11H,2-7H2,1H3,(H,18,19)/t8-,9?,10?,11-/m1/s1. The molecular formula is C13H20F3NO2. The van der Waals surface area contributed by atoms with Gasteiger partial charge in [-0.05, 0) is 25.2 Å². The predicted molar refractivity (Wildman–Crippen MR) is 63.7 cm³/mol. The van der Waals surface area contributed by atoms with E-state index in [1.54, 1.807) is 0 Å². The van der Waals surface area contributed by atoms with E-state index < -0.39 is 24.0 Å². The number of carboxylic acids is 1. The fourth-order valence-electron chi connectivity index (χ4n) is 3.42. The zero-order valence-corrected chi connectivity index (χ0v) is 11.0. The molecule has 2 fully saturated rings. The summed E-state index contributed by atoms with van der Waals surface area (Å²) >= 11 is 0. The number of carbonyl (C=O) groups is 1. The smallest absolute Gasteiger partial charge is 0.391 e. The summed E-state index contributed by atoms with van der Waals surface area (Å²) in [5.41, 5.74) is 0. The molecule has 0 aromatic heterocycles. The molecule has 2 rings (SSSR count). The lowest BCUT2D eigenvalue weighted by Crippen LogP contribution is -2.41. The molecule has 1 saturated heterocycles. The molecular weight excluding hydrogens is 259 g/mol. The lowest BCUT2D eigenvalue weighted by Gasteiger charge is -2.36. The molecule has 4 atom stereocenters. The minimum Gasteiger partial charge on any atom is -0.481 e. The first kappa shape index (κ1) is 14.6. The molecule has 19 heavy (non-hydrogen) atoms. The van der Waals surface area contributed by atoms with Crippen molar-refractivity contribution in [3.63, 3.8) is 0 Å². The third kappa shape index (κ3) is 3.22. The molecule has 0 aromatic carbocycles. The van der Waals surface area contributed by atoms with Crippen molar-refractivity contribution in [1.29, 1.82) is 0 Å². The van der Waals surface area contributed by atoms with E-state index in [4.69, 9.17) is 5.11 Å². The van der Waals surface area contributed by atoms with Crippen molar-refractivity contribution in [2.45, 2.75) is 44.8 Å². The maximum absolute atomic E-state index is 12.8. The highest BCUT2D eigenvalue weighted by Gasteiger charge is 2.45. The fourth-order valence-corrected chi connectivity index (χ4v) is 3.42. The Balaban J connectivity index is 1.97. The van der Waals surface area contributed by atoms with E-state index in [0.717, 1.165) is 6.42 Å². The monoisotopic (exact) mass is 279 g/mol. The number of alkyl halides is 3. The molecule has 0 amide bonds. The quantitative estimate of drug-likeness (QED) is 0.845. The molecule has 2 unspecified atom stereocenters. The van der Waals surface area contributed by atoms with E-state index in [0.29, 0.717) is 19.5 Å². The molecule has 2 aliphatic rings. The summed E-state index contributed by atoms with van der Waals surface area (Å²) < 4.78 is 38.3. The van der Waals surface area contributed by atoms with Crippen LogP contribution >= 0.6 is 0 Å². The SMILES string of the molecule is C[C@@H]1CN(C2CCCC(C(F)(F)F)C2)C[C@H]1C(=O)O. The van der Waals surface area contributed by atoms with Gasteiger partial charge in [-0.25, -0.2) is 0 Å². The Labute approximate surface area is 110 Å². The Morgan fingerprint density at radius 1 is 1.26 bits per heavy atom. The molecule has 6 heteroatoms. The number of carboxylic acid groups (broad SMARTS) is 1. The summed E-state index contributed by atoms with van der Waals surface area (Å²) in [5, 5.41) is 9.07. The third-order valence-electron chi connectivity index (χ3n) is 4.58. The molecule has 0 radical (unpaired) electrons. The van der Waals surface area contributed by atoms with E-state index in [9.17, 15) is 18.0 Å². The van der Waals surface area contributed by atoms with Gasteiger partial charge in [-0.3, -0.25) is 9.69 Å². The van der Waals surface area contributed by atoms with Crippen LogP contribution in [0.4, 0.5) is 13.2 Å². The second-order valence-electron chi connectivity index (χ2n) is 5.93. The van der Waals surface area contributed by atoms with Crippen molar-refractivity contribution in [2.75, 3.05) is 13.1 Å². The van der Waals surface area contributed by atoms with Gasteiger partial charge in [-0.1, -0.05) is 13.3 Å². The summed E-state index contributed by atoms with van der Waals surface area (Å²) in [4.78, 5) is 13.0. The van der Waals surface area contributed by atoms with Gasteiger partial charge in [0.2, 0.25) is 0 Å². The molecule has 110 valence electrons. The van der Waals surface area contributed by atoms with E-state index in [2.05, 4.69) is 0 Å². The van der Waals surface area contributed by atoms with Crippen LogP contribution in [0.2, 0.25) is 0 Å². The summed E-state index contributed by atoms with van der Waals surface area (Å²) in [7, 11) is 0. The zero-order valence-electron chi connectivity index (χ0n) is 11.0. The van der Waals surface area contributed by atoms with E-state index in [1.807, 2.05) is 11.8 Å². The lowest BCUT2D eigenvalue weighted by molar-refractivity contribution is -0.186. The minimum atomic E-state index is -4.11. The van der Waals surface area contributed by atoms with Gasteiger partial charge in [0, 0.05) is 19.1 Å². The first-order valence-electron chi connectivity index (χ1n) is 6.82. The molecule has 1 N–H and O–H groups in total. The van der Waals surface area contributed by atoms with Gasteiger partial charge in [0.05, 0.1) is 11.8 Å². The number of likely N-dealkylation sites (tertiary alicyclic amines) is 1. The second kappa shape index (κ2) is 5.31. The average Bonchev–Trinajstić information content (AvgIpc) is 2.70. The van der Waals surface area contributed by atoms with E-state index in [-0.39, 0.29) is 24.8 Å². The molecule has 1 aliphatic carbocycles. The topological polar surface area (TPSA) is 40.5 Å². The number of rotatable bonds is 2. The number of hydrogen-bond donors (Lipinski definition) is 1. The fraction of sp³-hybridized carbons (Fsp3) is 0.923. The first-order chi connectivity index (χ1) is 8.79. The summed E-state index contributed by atoms with van der Waals surface area (Å²) in [5.74, 6) is -2.47. The molecule has 1 heterocycles. The van der Waals surface area contributed by atoms with Crippen molar-refractivity contribution < 1.29 is 23.1 Å². The Morgan fingerprint density at radius 2 is 1.95 bits per heavy atom. The number of halogens is 3. The summed E-state index contributed by atoms with van der Waals surface area (Å²) in [6.45, 7) is 2.86. The molecule has 0 aromatic rings. The highest BCUT2D eigenvalue weighted by atomic mass is 19.4. The normalized spacial score (nSPS) is 37.5. The van der Waals surface area contributed by atoms with Gasteiger partial charge in [0.15, 0.2) is 0 Å². The van der Waals surface area contributed by atoms with Crippen LogP contribution in [0.25, 0.3) is 0 Å². The molecule has 3 nitrogen and oxygen atoms in total. The number of hydrogen-bond acceptors (Lipinski definition) is 2. The van der Waals surface area contributed by atoms with Crippen molar-refractivity contribution in [2.24, 2.45) is 17.8 Å². The third-order valence-corrected chi connectivity index (χ3v) is 4.58. The van der Waals surface area contributed by atoms with Crippen LogP contribution in [-0.4, -0.2) is 41.3 Å². The Hall–Kier alpha value is -0.780. The van der Waals surface area contributed by atoms with E-state index >= 15 is 0 Å².